The number of ether oxygens (including phenoxy) is 1. The van der Waals surface area contributed by atoms with Crippen molar-refractivity contribution in [2.24, 2.45) is 5.41 Å². The Labute approximate surface area is 184 Å². The van der Waals surface area contributed by atoms with Gasteiger partial charge in [-0.15, -0.1) is 5.10 Å². The summed E-state index contributed by atoms with van der Waals surface area (Å²) in [5.41, 5.74) is -2.15. The molecule has 1 aromatic heterocycles. The Morgan fingerprint density at radius 1 is 1.32 bits per heavy atom. The zero-order chi connectivity index (χ0) is 22.2. The lowest BCUT2D eigenvalue weighted by Crippen LogP contribution is -2.54. The molecule has 0 aliphatic heterocycles. The van der Waals surface area contributed by atoms with Crippen LogP contribution in [0, 0.1) is 5.41 Å². The molecule has 0 saturated heterocycles. The number of aliphatic hydroxyl groups is 1. The van der Waals surface area contributed by atoms with Gasteiger partial charge in [-0.2, -0.15) is 0 Å². The Morgan fingerprint density at radius 3 is 2.61 bits per heavy atom. The van der Waals surface area contributed by atoms with Crippen molar-refractivity contribution in [3.8, 4) is 5.88 Å². The molecule has 2 N–H and O–H groups in total. The Balaban J connectivity index is 1.37. The van der Waals surface area contributed by atoms with Crippen LogP contribution in [0.25, 0.3) is 10.8 Å². The second-order valence-electron chi connectivity index (χ2n) is 9.44. The fourth-order valence-electron chi connectivity index (χ4n) is 4.81. The van der Waals surface area contributed by atoms with Crippen LogP contribution in [0.3, 0.4) is 0 Å². The first-order valence-electron chi connectivity index (χ1n) is 10.2. The molecule has 5 rings (SSSR count). The maximum Gasteiger partial charge on any atom is 0.275 e. The van der Waals surface area contributed by atoms with E-state index in [1.165, 1.54) is 0 Å². The molecule has 1 spiro atoms. The normalized spacial score (nSPS) is 32.9. The van der Waals surface area contributed by atoms with Gasteiger partial charge in [0.2, 0.25) is 11.8 Å². The topological polar surface area (TPSA) is 93.5 Å². The number of nitrogens with zero attached hydrogens (tertiary/aromatic N) is 2. The minimum absolute atomic E-state index is 0.104. The largest absolute Gasteiger partial charge is 0.473 e. The summed E-state index contributed by atoms with van der Waals surface area (Å²) in [6, 6.07) is 4.87. The van der Waals surface area contributed by atoms with Gasteiger partial charge in [-0.05, 0) is 50.8 Å². The number of hydrogen-bond donors (Lipinski definition) is 2. The van der Waals surface area contributed by atoms with Gasteiger partial charge in [-0.25, -0.2) is 13.5 Å². The quantitative estimate of drug-likeness (QED) is 0.662. The Hall–Kier alpha value is -2.07. The molecular weight excluding hydrogens is 476 g/mol. The number of carbonyl (C=O) groups excluding carboxylic acids is 1. The molecule has 3 aliphatic rings. The standard InChI is InChI=1S/C21H22BrF2N3O4/c1-19(30)5-12(6-19)25-16(28)9-27-18(29)14-3-2-11(22)4-15(14)17(26-27)31-13-7-20(8-13)10-21(20,23)24/h2-4,12-13,30H,5-10H2,1H3,(H,25,28)/t12-,13?,19+,20?. The van der Waals surface area contributed by atoms with Crippen molar-refractivity contribution in [2.75, 3.05) is 0 Å². The number of nitrogens with one attached hydrogen (secondary N) is 1. The van der Waals surface area contributed by atoms with Crippen molar-refractivity contribution in [2.45, 2.75) is 69.2 Å². The molecule has 0 bridgehead atoms. The van der Waals surface area contributed by atoms with Crippen LogP contribution < -0.4 is 15.6 Å². The second kappa shape index (κ2) is 6.71. The van der Waals surface area contributed by atoms with Crippen molar-refractivity contribution < 1.29 is 23.4 Å². The molecule has 1 heterocycles. The van der Waals surface area contributed by atoms with E-state index in [-0.39, 0.29) is 37.7 Å². The third-order valence-corrected chi connectivity index (χ3v) is 7.14. The van der Waals surface area contributed by atoms with Crippen molar-refractivity contribution in [1.29, 1.82) is 0 Å². The highest BCUT2D eigenvalue weighted by atomic mass is 79.9. The summed E-state index contributed by atoms with van der Waals surface area (Å²) in [7, 11) is 0. The lowest BCUT2D eigenvalue weighted by molar-refractivity contribution is -0.125. The number of halogens is 3. The highest BCUT2D eigenvalue weighted by Crippen LogP contribution is 2.71. The van der Waals surface area contributed by atoms with E-state index in [4.69, 9.17) is 4.74 Å². The molecule has 0 unspecified atom stereocenters. The number of hydrogen-bond acceptors (Lipinski definition) is 5. The van der Waals surface area contributed by atoms with Gasteiger partial charge in [0, 0.05) is 22.4 Å². The van der Waals surface area contributed by atoms with E-state index in [1.807, 2.05) is 0 Å². The predicted molar refractivity (Wildman–Crippen MR) is 111 cm³/mol. The van der Waals surface area contributed by atoms with E-state index in [0.29, 0.717) is 23.6 Å². The molecular formula is C21H22BrF2N3O4. The SMILES string of the molecule is C[C@]1(O)C[C@@H](NC(=O)Cn2nc(OC3CC4(C3)CC4(F)F)c3cc(Br)ccc3c2=O)C1. The third kappa shape index (κ3) is 3.63. The van der Waals surface area contributed by atoms with Gasteiger partial charge in [0.05, 0.1) is 16.4 Å². The molecule has 3 fully saturated rings. The van der Waals surface area contributed by atoms with Gasteiger partial charge in [0.25, 0.3) is 11.5 Å². The van der Waals surface area contributed by atoms with Crippen LogP contribution in [0.2, 0.25) is 0 Å². The van der Waals surface area contributed by atoms with E-state index in [9.17, 15) is 23.5 Å². The van der Waals surface area contributed by atoms with Crippen molar-refractivity contribution in [3.63, 3.8) is 0 Å². The highest BCUT2D eigenvalue weighted by Gasteiger charge is 2.76. The number of rotatable bonds is 5. The maximum absolute atomic E-state index is 13.5. The second-order valence-corrected chi connectivity index (χ2v) is 10.4. The van der Waals surface area contributed by atoms with Crippen molar-refractivity contribution in [3.05, 3.63) is 33.0 Å². The fourth-order valence-corrected chi connectivity index (χ4v) is 5.17. The fraction of sp³-hybridized carbons (Fsp3) is 0.571. The third-order valence-electron chi connectivity index (χ3n) is 6.65. The van der Waals surface area contributed by atoms with Crippen molar-refractivity contribution in [1.82, 2.24) is 15.1 Å². The summed E-state index contributed by atoms with van der Waals surface area (Å²) >= 11 is 3.36. The Kier molecular flexibility index (Phi) is 4.51. The predicted octanol–water partition coefficient (Wildman–Crippen LogP) is 2.76. The van der Waals surface area contributed by atoms with Crippen LogP contribution in [0.15, 0.2) is 27.5 Å². The highest BCUT2D eigenvalue weighted by molar-refractivity contribution is 9.10. The van der Waals surface area contributed by atoms with Gasteiger partial charge >= 0.3 is 0 Å². The van der Waals surface area contributed by atoms with Gasteiger partial charge in [-0.3, -0.25) is 9.59 Å². The number of carbonyl (C=O) groups is 1. The van der Waals surface area contributed by atoms with E-state index in [1.54, 1.807) is 25.1 Å². The smallest absolute Gasteiger partial charge is 0.275 e. The van der Waals surface area contributed by atoms with Gasteiger partial charge in [0.1, 0.15) is 12.6 Å². The average molecular weight is 498 g/mol. The minimum atomic E-state index is -2.62. The molecule has 0 radical (unpaired) electrons. The van der Waals surface area contributed by atoms with E-state index >= 15 is 0 Å². The van der Waals surface area contributed by atoms with Crippen LogP contribution in [-0.2, 0) is 11.3 Å². The maximum atomic E-state index is 13.5. The number of alkyl halides is 2. The first-order chi connectivity index (χ1) is 14.5. The lowest BCUT2D eigenvalue weighted by Gasteiger charge is -2.41. The summed E-state index contributed by atoms with van der Waals surface area (Å²) in [6.07, 6.45) is 0.897. The minimum Gasteiger partial charge on any atom is -0.473 e. The van der Waals surface area contributed by atoms with Gasteiger partial charge in [0.15, 0.2) is 0 Å². The van der Waals surface area contributed by atoms with Gasteiger partial charge in [-0.1, -0.05) is 15.9 Å². The number of aromatic nitrogens is 2. The zero-order valence-corrected chi connectivity index (χ0v) is 18.4. The summed E-state index contributed by atoms with van der Waals surface area (Å²) in [5.74, 6) is -2.86. The number of benzene rings is 1. The van der Waals surface area contributed by atoms with Crippen LogP contribution in [-0.4, -0.2) is 44.5 Å². The summed E-state index contributed by atoms with van der Waals surface area (Å²) in [5, 5.41) is 17.6. The van der Waals surface area contributed by atoms with Crippen LogP contribution in [0.1, 0.15) is 39.0 Å². The number of fused-ring (bicyclic) bond motifs is 1. The molecule has 1 aromatic carbocycles. The van der Waals surface area contributed by atoms with E-state index in [2.05, 4.69) is 26.3 Å². The molecule has 1 amide bonds. The first kappa shape index (κ1) is 20.8. The molecule has 31 heavy (non-hydrogen) atoms. The monoisotopic (exact) mass is 497 g/mol. The molecule has 2 aromatic rings. The summed E-state index contributed by atoms with van der Waals surface area (Å²) < 4.78 is 34.7. The molecule has 3 saturated carbocycles. The van der Waals surface area contributed by atoms with Crippen LogP contribution in [0.5, 0.6) is 5.88 Å². The average Bonchev–Trinajstić information content (AvgIpc) is 3.19. The van der Waals surface area contributed by atoms with E-state index in [0.717, 1.165) is 9.15 Å². The summed E-state index contributed by atoms with van der Waals surface area (Å²) in [6.45, 7) is 1.40. The molecule has 166 valence electrons. The van der Waals surface area contributed by atoms with E-state index < -0.39 is 34.5 Å². The molecule has 3 aliphatic carbocycles. The zero-order valence-electron chi connectivity index (χ0n) is 16.8. The van der Waals surface area contributed by atoms with Gasteiger partial charge < -0.3 is 15.2 Å². The first-order valence-corrected chi connectivity index (χ1v) is 11.0. The molecule has 7 nitrogen and oxygen atoms in total. The summed E-state index contributed by atoms with van der Waals surface area (Å²) in [4.78, 5) is 25.3. The van der Waals surface area contributed by atoms with Crippen LogP contribution in [0.4, 0.5) is 8.78 Å². The van der Waals surface area contributed by atoms with Crippen LogP contribution >= 0.6 is 15.9 Å². The molecule has 10 heteroatoms. The number of amides is 1. The lowest BCUT2D eigenvalue weighted by atomic mass is 9.77. The van der Waals surface area contributed by atoms with Crippen molar-refractivity contribution >= 4 is 32.6 Å². The Bertz CT molecular complexity index is 1140. The molecule has 0 atom stereocenters. The Morgan fingerprint density at radius 2 is 2.00 bits per heavy atom.